The number of hydrogen-bond acceptors (Lipinski definition) is 3. The highest BCUT2D eigenvalue weighted by Gasteiger charge is 2.09. The third-order valence-corrected chi connectivity index (χ3v) is 1.81. The van der Waals surface area contributed by atoms with Crippen molar-refractivity contribution in [3.05, 3.63) is 18.2 Å². The second-order valence-electron chi connectivity index (χ2n) is 3.48. The summed E-state index contributed by atoms with van der Waals surface area (Å²) >= 11 is 0. The zero-order chi connectivity index (χ0) is 9.68. The van der Waals surface area contributed by atoms with Gasteiger partial charge < -0.3 is 15.4 Å². The Morgan fingerprint density at radius 3 is 2.85 bits per heavy atom. The van der Waals surface area contributed by atoms with Crippen molar-refractivity contribution in [2.45, 2.75) is 32.4 Å². The largest absolute Gasteiger partial charge is 0.395 e. The summed E-state index contributed by atoms with van der Waals surface area (Å²) in [5, 5.41) is 12.3. The second kappa shape index (κ2) is 4.99. The van der Waals surface area contributed by atoms with Gasteiger partial charge >= 0.3 is 0 Å². The van der Waals surface area contributed by atoms with E-state index in [1.807, 2.05) is 0 Å². The van der Waals surface area contributed by atoms with Crippen molar-refractivity contribution < 1.29 is 5.11 Å². The molecular weight excluding hydrogens is 166 g/mol. The van der Waals surface area contributed by atoms with Crippen LogP contribution in [0.15, 0.2) is 12.5 Å². The average molecular weight is 183 g/mol. The lowest BCUT2D eigenvalue weighted by Gasteiger charge is -2.17. The summed E-state index contributed by atoms with van der Waals surface area (Å²) in [5.41, 5.74) is 1.05. The third kappa shape index (κ3) is 3.57. The quantitative estimate of drug-likeness (QED) is 0.615. The summed E-state index contributed by atoms with van der Waals surface area (Å²) in [6.07, 6.45) is 4.22. The molecule has 3 N–H and O–H groups in total. The molecule has 4 nitrogen and oxygen atoms in total. The molecule has 0 unspecified atom stereocenters. The van der Waals surface area contributed by atoms with Crippen LogP contribution in [0.2, 0.25) is 0 Å². The van der Waals surface area contributed by atoms with Crippen LogP contribution in [0, 0.1) is 0 Å². The number of rotatable bonds is 5. The molecule has 4 heteroatoms. The van der Waals surface area contributed by atoms with E-state index in [4.69, 9.17) is 5.11 Å². The molecule has 0 aliphatic carbocycles. The molecule has 1 heterocycles. The van der Waals surface area contributed by atoms with Crippen LogP contribution >= 0.6 is 0 Å². The SMILES string of the molecule is CC(C)N[C@H](CO)Cc1cnc[nH]1. The van der Waals surface area contributed by atoms with Crippen LogP contribution in [0.3, 0.4) is 0 Å². The molecule has 74 valence electrons. The minimum atomic E-state index is 0.112. The van der Waals surface area contributed by atoms with Crippen LogP contribution in [0.25, 0.3) is 0 Å². The maximum absolute atomic E-state index is 9.08. The zero-order valence-corrected chi connectivity index (χ0v) is 8.12. The maximum atomic E-state index is 9.08. The van der Waals surface area contributed by atoms with Gasteiger partial charge in [0.05, 0.1) is 12.9 Å². The normalized spacial score (nSPS) is 13.5. The van der Waals surface area contributed by atoms with E-state index in [2.05, 4.69) is 29.1 Å². The Bertz CT molecular complexity index is 221. The van der Waals surface area contributed by atoms with E-state index in [1.165, 1.54) is 0 Å². The number of hydrogen-bond donors (Lipinski definition) is 3. The standard InChI is InChI=1S/C9H17N3O/c1-7(2)12-9(5-13)3-8-4-10-6-11-8/h4,6-7,9,12-13H,3,5H2,1-2H3,(H,10,11)/t9-/m0/s1. The first kappa shape index (κ1) is 10.2. The van der Waals surface area contributed by atoms with Gasteiger partial charge in [-0.05, 0) is 0 Å². The van der Waals surface area contributed by atoms with Gasteiger partial charge in [0.15, 0.2) is 0 Å². The van der Waals surface area contributed by atoms with Crippen molar-refractivity contribution in [2.75, 3.05) is 6.61 Å². The van der Waals surface area contributed by atoms with Crippen molar-refractivity contribution >= 4 is 0 Å². The Morgan fingerprint density at radius 1 is 1.62 bits per heavy atom. The van der Waals surface area contributed by atoms with Gasteiger partial charge in [0, 0.05) is 30.4 Å². The van der Waals surface area contributed by atoms with Crippen LogP contribution < -0.4 is 5.32 Å². The molecule has 0 aromatic carbocycles. The number of imidazole rings is 1. The van der Waals surface area contributed by atoms with Crippen molar-refractivity contribution in [1.29, 1.82) is 0 Å². The summed E-state index contributed by atoms with van der Waals surface area (Å²) in [7, 11) is 0. The number of aromatic nitrogens is 2. The molecule has 0 spiro atoms. The van der Waals surface area contributed by atoms with Crippen LogP contribution in [-0.2, 0) is 6.42 Å². The van der Waals surface area contributed by atoms with E-state index >= 15 is 0 Å². The lowest BCUT2D eigenvalue weighted by molar-refractivity contribution is 0.234. The van der Waals surface area contributed by atoms with Gasteiger partial charge in [-0.1, -0.05) is 13.8 Å². The molecule has 0 amide bonds. The predicted octanol–water partition coefficient (Wildman–Crippen LogP) is 0.311. The van der Waals surface area contributed by atoms with Gasteiger partial charge in [0.1, 0.15) is 0 Å². The first-order valence-corrected chi connectivity index (χ1v) is 4.56. The van der Waals surface area contributed by atoms with Gasteiger partial charge in [-0.25, -0.2) is 4.98 Å². The molecule has 0 radical (unpaired) electrons. The second-order valence-corrected chi connectivity index (χ2v) is 3.48. The Morgan fingerprint density at radius 2 is 2.38 bits per heavy atom. The molecule has 1 atom stereocenters. The van der Waals surface area contributed by atoms with Gasteiger partial charge in [-0.15, -0.1) is 0 Å². The highest BCUT2D eigenvalue weighted by molar-refractivity contribution is 4.97. The zero-order valence-electron chi connectivity index (χ0n) is 8.12. The van der Waals surface area contributed by atoms with E-state index in [0.29, 0.717) is 6.04 Å². The maximum Gasteiger partial charge on any atom is 0.0921 e. The number of aliphatic hydroxyl groups excluding tert-OH is 1. The number of aromatic amines is 1. The molecule has 0 fully saturated rings. The van der Waals surface area contributed by atoms with Crippen LogP contribution in [0.1, 0.15) is 19.5 Å². The molecule has 0 bridgehead atoms. The van der Waals surface area contributed by atoms with Gasteiger partial charge in [-0.2, -0.15) is 0 Å². The average Bonchev–Trinajstić information content (AvgIpc) is 2.55. The Labute approximate surface area is 78.4 Å². The minimum Gasteiger partial charge on any atom is -0.395 e. The number of nitrogens with one attached hydrogen (secondary N) is 2. The lowest BCUT2D eigenvalue weighted by Crippen LogP contribution is -2.39. The minimum absolute atomic E-state index is 0.112. The van der Waals surface area contributed by atoms with Crippen LogP contribution in [-0.4, -0.2) is 33.8 Å². The molecule has 13 heavy (non-hydrogen) atoms. The van der Waals surface area contributed by atoms with E-state index in [1.54, 1.807) is 12.5 Å². The molecule has 0 aliphatic heterocycles. The summed E-state index contributed by atoms with van der Waals surface area (Å²) < 4.78 is 0. The van der Waals surface area contributed by atoms with E-state index < -0.39 is 0 Å². The molecule has 1 rings (SSSR count). The lowest BCUT2D eigenvalue weighted by atomic mass is 10.1. The molecule has 1 aromatic rings. The van der Waals surface area contributed by atoms with Crippen LogP contribution in [0.5, 0.6) is 0 Å². The van der Waals surface area contributed by atoms with Gasteiger partial charge in [0.2, 0.25) is 0 Å². The van der Waals surface area contributed by atoms with Crippen molar-refractivity contribution in [3.8, 4) is 0 Å². The number of H-pyrrole nitrogens is 1. The van der Waals surface area contributed by atoms with E-state index in [0.717, 1.165) is 12.1 Å². The highest BCUT2D eigenvalue weighted by Crippen LogP contribution is 1.98. The highest BCUT2D eigenvalue weighted by atomic mass is 16.3. The fraction of sp³-hybridized carbons (Fsp3) is 0.667. The molecule has 0 saturated carbocycles. The van der Waals surface area contributed by atoms with Crippen molar-refractivity contribution in [2.24, 2.45) is 0 Å². The van der Waals surface area contributed by atoms with E-state index in [9.17, 15) is 0 Å². The number of aliphatic hydroxyl groups is 1. The fourth-order valence-electron chi connectivity index (χ4n) is 1.31. The topological polar surface area (TPSA) is 60.9 Å². The smallest absolute Gasteiger partial charge is 0.0921 e. The predicted molar refractivity (Wildman–Crippen MR) is 51.4 cm³/mol. The Hall–Kier alpha value is -0.870. The van der Waals surface area contributed by atoms with Gasteiger partial charge in [-0.3, -0.25) is 0 Å². The third-order valence-electron chi connectivity index (χ3n) is 1.81. The summed E-state index contributed by atoms with van der Waals surface area (Å²) in [6, 6.07) is 0.500. The molecule has 0 aliphatic rings. The molecule has 1 aromatic heterocycles. The van der Waals surface area contributed by atoms with Crippen LogP contribution in [0.4, 0.5) is 0 Å². The fourth-order valence-corrected chi connectivity index (χ4v) is 1.31. The van der Waals surface area contributed by atoms with Crippen molar-refractivity contribution in [3.63, 3.8) is 0 Å². The Balaban J connectivity index is 2.40. The molecular formula is C9H17N3O. The van der Waals surface area contributed by atoms with Gasteiger partial charge in [0.25, 0.3) is 0 Å². The van der Waals surface area contributed by atoms with Crippen molar-refractivity contribution in [1.82, 2.24) is 15.3 Å². The number of nitrogens with zero attached hydrogens (tertiary/aromatic N) is 1. The summed E-state index contributed by atoms with van der Waals surface area (Å²) in [4.78, 5) is 6.94. The summed E-state index contributed by atoms with van der Waals surface area (Å²) in [5.74, 6) is 0. The van der Waals surface area contributed by atoms with E-state index in [-0.39, 0.29) is 12.6 Å². The molecule has 0 saturated heterocycles. The monoisotopic (exact) mass is 183 g/mol. The first-order valence-electron chi connectivity index (χ1n) is 4.56. The Kier molecular flexibility index (Phi) is 3.92. The first-order chi connectivity index (χ1) is 6.22. The summed E-state index contributed by atoms with van der Waals surface area (Å²) in [6.45, 7) is 4.28.